The van der Waals surface area contributed by atoms with E-state index in [4.69, 9.17) is 14.9 Å². The van der Waals surface area contributed by atoms with Crippen molar-refractivity contribution >= 4 is 35.1 Å². The Balaban J connectivity index is 0.00000192. The van der Waals surface area contributed by atoms with Gasteiger partial charge in [0.1, 0.15) is 5.52 Å². The highest BCUT2D eigenvalue weighted by atomic mass is 35.5. The van der Waals surface area contributed by atoms with Crippen LogP contribution in [-0.2, 0) is 16.0 Å². The maximum absolute atomic E-state index is 12.6. The van der Waals surface area contributed by atoms with Crippen molar-refractivity contribution in [2.45, 2.75) is 26.2 Å². The van der Waals surface area contributed by atoms with Crippen LogP contribution in [0.3, 0.4) is 0 Å². The van der Waals surface area contributed by atoms with Gasteiger partial charge in [-0.15, -0.1) is 12.4 Å². The zero-order valence-electron chi connectivity index (χ0n) is 13.1. The Morgan fingerprint density at radius 3 is 2.78 bits per heavy atom. The van der Waals surface area contributed by atoms with E-state index in [2.05, 4.69) is 10.3 Å². The Labute approximate surface area is 141 Å². The van der Waals surface area contributed by atoms with E-state index in [9.17, 15) is 4.79 Å². The van der Waals surface area contributed by atoms with Crippen molar-refractivity contribution in [3.8, 4) is 0 Å². The number of anilines is 1. The number of carbonyl (C=O) groups excluding carboxylic acids is 1. The van der Waals surface area contributed by atoms with E-state index in [-0.39, 0.29) is 18.3 Å². The number of ether oxygens (including phenoxy) is 1. The normalized spacial score (nSPS) is 16.8. The van der Waals surface area contributed by atoms with Crippen LogP contribution in [0.25, 0.3) is 11.1 Å². The van der Waals surface area contributed by atoms with Crippen LogP contribution >= 0.6 is 12.4 Å². The number of carbonyl (C=O) groups is 1. The summed E-state index contributed by atoms with van der Waals surface area (Å²) < 4.78 is 10.9. The molecule has 0 atom stereocenters. The summed E-state index contributed by atoms with van der Waals surface area (Å²) in [6, 6.07) is 5.49. The van der Waals surface area contributed by atoms with Crippen LogP contribution in [0, 0.1) is 5.41 Å². The van der Waals surface area contributed by atoms with E-state index in [1.54, 1.807) is 0 Å². The summed E-state index contributed by atoms with van der Waals surface area (Å²) in [6.07, 6.45) is 2.05. The number of hydrogen-bond acceptors (Lipinski definition) is 5. The predicted molar refractivity (Wildman–Crippen MR) is 90.8 cm³/mol. The molecule has 1 aromatic heterocycles. The highest BCUT2D eigenvalue weighted by Crippen LogP contribution is 2.31. The van der Waals surface area contributed by atoms with Crippen molar-refractivity contribution in [3.05, 3.63) is 24.1 Å². The van der Waals surface area contributed by atoms with Gasteiger partial charge in [0.2, 0.25) is 5.91 Å². The van der Waals surface area contributed by atoms with Crippen LogP contribution < -0.4 is 11.1 Å². The van der Waals surface area contributed by atoms with Crippen LogP contribution in [0.5, 0.6) is 0 Å². The second-order valence-electron chi connectivity index (χ2n) is 5.69. The monoisotopic (exact) mass is 339 g/mol. The number of fused-ring (bicyclic) bond motifs is 1. The SMILES string of the molecule is CCc1nc2cc(NC(=O)C3(CN)CCOCC3)ccc2o1.Cl. The van der Waals surface area contributed by atoms with E-state index < -0.39 is 5.41 Å². The Morgan fingerprint density at radius 1 is 1.39 bits per heavy atom. The maximum atomic E-state index is 12.6. The molecule has 23 heavy (non-hydrogen) atoms. The molecule has 2 heterocycles. The molecule has 1 aliphatic heterocycles. The lowest BCUT2D eigenvalue weighted by Gasteiger charge is -2.34. The maximum Gasteiger partial charge on any atom is 0.232 e. The number of oxazole rings is 1. The molecule has 2 aromatic rings. The Hall–Kier alpha value is -1.63. The van der Waals surface area contributed by atoms with Crippen molar-refractivity contribution in [1.82, 2.24) is 4.98 Å². The molecule has 0 spiro atoms. The highest BCUT2D eigenvalue weighted by molar-refractivity contribution is 5.97. The number of nitrogens with one attached hydrogen (secondary N) is 1. The van der Waals surface area contributed by atoms with E-state index >= 15 is 0 Å². The summed E-state index contributed by atoms with van der Waals surface area (Å²) in [4.78, 5) is 17.0. The number of hydrogen-bond donors (Lipinski definition) is 2. The molecule has 0 bridgehead atoms. The van der Waals surface area contributed by atoms with Crippen molar-refractivity contribution in [2.24, 2.45) is 11.1 Å². The van der Waals surface area contributed by atoms with Gasteiger partial charge in [0.05, 0.1) is 5.41 Å². The third-order valence-electron chi connectivity index (χ3n) is 4.31. The molecule has 3 rings (SSSR count). The number of aromatic nitrogens is 1. The summed E-state index contributed by atoms with van der Waals surface area (Å²) in [6.45, 7) is 3.47. The molecule has 3 N–H and O–H groups in total. The second kappa shape index (κ2) is 7.29. The molecule has 0 unspecified atom stereocenters. The fourth-order valence-corrected chi connectivity index (χ4v) is 2.75. The first kappa shape index (κ1) is 17.7. The van der Waals surface area contributed by atoms with Crippen LogP contribution in [-0.4, -0.2) is 30.6 Å². The highest BCUT2D eigenvalue weighted by Gasteiger charge is 2.38. The van der Waals surface area contributed by atoms with Crippen LogP contribution in [0.1, 0.15) is 25.7 Å². The summed E-state index contributed by atoms with van der Waals surface area (Å²) in [5.74, 6) is 0.651. The lowest BCUT2D eigenvalue weighted by atomic mass is 9.79. The van der Waals surface area contributed by atoms with Crippen LogP contribution in [0.2, 0.25) is 0 Å². The predicted octanol–water partition coefficient (Wildman–Crippen LogP) is 2.51. The number of aryl methyl sites for hydroxylation is 1. The standard InChI is InChI=1S/C16H21N3O3.ClH/c1-2-14-19-12-9-11(3-4-13(12)22-14)18-15(20)16(10-17)5-7-21-8-6-16;/h3-4,9H,2,5-8,10,17H2,1H3,(H,18,20);1H. The largest absolute Gasteiger partial charge is 0.441 e. The first-order chi connectivity index (χ1) is 10.7. The second-order valence-corrected chi connectivity index (χ2v) is 5.69. The number of amides is 1. The molecule has 1 saturated heterocycles. The molecule has 6 nitrogen and oxygen atoms in total. The van der Waals surface area contributed by atoms with Gasteiger partial charge in [-0.3, -0.25) is 4.79 Å². The lowest BCUT2D eigenvalue weighted by Crippen LogP contribution is -2.46. The minimum absolute atomic E-state index is 0. The molecule has 1 aromatic carbocycles. The molecular formula is C16H22ClN3O3. The molecule has 1 fully saturated rings. The molecule has 0 saturated carbocycles. The van der Waals surface area contributed by atoms with Gasteiger partial charge in [-0.05, 0) is 31.0 Å². The fourth-order valence-electron chi connectivity index (χ4n) is 2.75. The summed E-state index contributed by atoms with van der Waals surface area (Å²) in [7, 11) is 0. The minimum Gasteiger partial charge on any atom is -0.441 e. The lowest BCUT2D eigenvalue weighted by molar-refractivity contribution is -0.130. The average Bonchev–Trinajstić information content (AvgIpc) is 2.97. The molecule has 7 heteroatoms. The van der Waals surface area contributed by atoms with E-state index in [1.165, 1.54) is 0 Å². The molecule has 1 amide bonds. The summed E-state index contributed by atoms with van der Waals surface area (Å²) in [5.41, 5.74) is 7.52. The third kappa shape index (κ3) is 3.49. The zero-order valence-corrected chi connectivity index (χ0v) is 13.9. The van der Waals surface area contributed by atoms with Crippen molar-refractivity contribution in [1.29, 1.82) is 0 Å². The number of nitrogens with two attached hydrogens (primary N) is 1. The molecule has 0 aliphatic carbocycles. The van der Waals surface area contributed by atoms with Gasteiger partial charge in [-0.2, -0.15) is 0 Å². The summed E-state index contributed by atoms with van der Waals surface area (Å²) >= 11 is 0. The number of halogens is 1. The van der Waals surface area contributed by atoms with Gasteiger partial charge in [0.25, 0.3) is 0 Å². The van der Waals surface area contributed by atoms with E-state index in [0.717, 1.165) is 17.5 Å². The van der Waals surface area contributed by atoms with Crippen molar-refractivity contribution in [2.75, 3.05) is 25.1 Å². The van der Waals surface area contributed by atoms with Crippen LogP contribution in [0.15, 0.2) is 22.6 Å². The first-order valence-electron chi connectivity index (χ1n) is 7.65. The van der Waals surface area contributed by atoms with Gasteiger partial charge in [-0.1, -0.05) is 6.92 Å². The molecule has 1 aliphatic rings. The van der Waals surface area contributed by atoms with Gasteiger partial charge in [0.15, 0.2) is 11.5 Å². The zero-order chi connectivity index (χ0) is 15.6. The van der Waals surface area contributed by atoms with Crippen molar-refractivity contribution in [3.63, 3.8) is 0 Å². The van der Waals surface area contributed by atoms with Crippen LogP contribution in [0.4, 0.5) is 5.69 Å². The van der Waals surface area contributed by atoms with Crippen molar-refractivity contribution < 1.29 is 13.9 Å². The third-order valence-corrected chi connectivity index (χ3v) is 4.31. The summed E-state index contributed by atoms with van der Waals surface area (Å²) in [5, 5.41) is 2.97. The Bertz CT molecular complexity index is 680. The van der Waals surface area contributed by atoms with Gasteiger partial charge in [-0.25, -0.2) is 4.98 Å². The van der Waals surface area contributed by atoms with Gasteiger partial charge < -0.3 is 20.2 Å². The molecule has 126 valence electrons. The first-order valence-corrected chi connectivity index (χ1v) is 7.65. The average molecular weight is 340 g/mol. The fraction of sp³-hybridized carbons (Fsp3) is 0.500. The number of rotatable bonds is 4. The minimum atomic E-state index is -0.536. The topological polar surface area (TPSA) is 90.4 Å². The Morgan fingerprint density at radius 2 is 2.13 bits per heavy atom. The Kier molecular flexibility index (Phi) is 5.62. The number of nitrogens with zero attached hydrogens (tertiary/aromatic N) is 1. The molecule has 0 radical (unpaired) electrons. The smallest absolute Gasteiger partial charge is 0.232 e. The van der Waals surface area contributed by atoms with Gasteiger partial charge >= 0.3 is 0 Å². The van der Waals surface area contributed by atoms with E-state index in [1.807, 2.05) is 25.1 Å². The molecular weight excluding hydrogens is 318 g/mol. The van der Waals surface area contributed by atoms with E-state index in [0.29, 0.717) is 44.2 Å². The number of benzene rings is 1. The quantitative estimate of drug-likeness (QED) is 0.893. The van der Waals surface area contributed by atoms with Gasteiger partial charge in [0, 0.05) is 31.9 Å².